The number of aromatic nitrogens is 2. The average Bonchev–Trinajstić information content (AvgIpc) is 2.42. The van der Waals surface area contributed by atoms with Gasteiger partial charge in [0, 0.05) is 11.8 Å². The Bertz CT molecular complexity index is 512. The van der Waals surface area contributed by atoms with E-state index in [1.165, 1.54) is 18.9 Å². The van der Waals surface area contributed by atoms with E-state index in [-0.39, 0.29) is 5.95 Å². The van der Waals surface area contributed by atoms with Crippen LogP contribution < -0.4 is 15.4 Å². The van der Waals surface area contributed by atoms with E-state index in [4.69, 9.17) is 9.84 Å². The Morgan fingerprint density at radius 3 is 2.76 bits per heavy atom. The average molecular weight is 314 g/mol. The van der Waals surface area contributed by atoms with Gasteiger partial charge in [0.25, 0.3) is 0 Å². The lowest BCUT2D eigenvalue weighted by molar-refractivity contribution is -0.139. The quantitative estimate of drug-likeness (QED) is 0.691. The molecule has 0 aliphatic heterocycles. The van der Waals surface area contributed by atoms with Crippen LogP contribution in [-0.2, 0) is 4.79 Å². The second kappa shape index (κ2) is 8.30. The number of rotatable bonds is 7. The van der Waals surface area contributed by atoms with Gasteiger partial charge in [0.2, 0.25) is 11.8 Å². The Kier molecular flexibility index (Phi) is 6.73. The summed E-state index contributed by atoms with van der Waals surface area (Å²) < 4.78 is 4.97. The van der Waals surface area contributed by atoms with Gasteiger partial charge >= 0.3 is 12.0 Å². The maximum absolute atomic E-state index is 11.8. The molecule has 1 atom stereocenters. The minimum absolute atomic E-state index is 0.0540. The number of nitrogens with zero attached hydrogens (tertiary/aromatic N) is 2. The number of nitrogens with one attached hydrogen (secondary N) is 2. The second-order valence-electron chi connectivity index (χ2n) is 4.15. The molecule has 1 rings (SSSR count). The summed E-state index contributed by atoms with van der Waals surface area (Å²) in [7, 11) is 1.45. The number of aliphatic carboxylic acids is 1. The molecule has 0 bridgehead atoms. The molecule has 3 N–H and O–H groups in total. The molecule has 8 nitrogen and oxygen atoms in total. The van der Waals surface area contributed by atoms with Crippen LogP contribution in [0, 0.1) is 6.92 Å². The molecule has 0 aromatic carbocycles. The van der Waals surface area contributed by atoms with Crippen LogP contribution in [0.25, 0.3) is 0 Å². The molecule has 0 fully saturated rings. The Morgan fingerprint density at radius 2 is 2.19 bits per heavy atom. The van der Waals surface area contributed by atoms with Gasteiger partial charge in [-0.2, -0.15) is 16.7 Å². The third-order valence-corrected chi connectivity index (χ3v) is 3.12. The molecule has 21 heavy (non-hydrogen) atoms. The van der Waals surface area contributed by atoms with E-state index in [2.05, 4.69) is 20.6 Å². The molecule has 116 valence electrons. The van der Waals surface area contributed by atoms with Gasteiger partial charge < -0.3 is 15.2 Å². The number of carbonyl (C=O) groups is 2. The molecule has 9 heteroatoms. The number of carboxylic acids is 1. The SMILES string of the molecule is COc1cc(C)nc(NC(=O)NC(CCSC)C(=O)O)n1. The van der Waals surface area contributed by atoms with E-state index in [1.807, 2.05) is 6.26 Å². The zero-order valence-electron chi connectivity index (χ0n) is 12.0. The van der Waals surface area contributed by atoms with Crippen LogP contribution in [0.2, 0.25) is 0 Å². The molecule has 1 heterocycles. The topological polar surface area (TPSA) is 113 Å². The number of carbonyl (C=O) groups excluding carboxylic acids is 1. The number of methoxy groups -OCH3 is 1. The highest BCUT2D eigenvalue weighted by Gasteiger charge is 2.19. The first-order valence-corrected chi connectivity index (χ1v) is 7.54. The summed E-state index contributed by atoms with van der Waals surface area (Å²) in [6.45, 7) is 1.73. The minimum Gasteiger partial charge on any atom is -0.481 e. The van der Waals surface area contributed by atoms with Gasteiger partial charge in [-0.3, -0.25) is 5.32 Å². The fourth-order valence-electron chi connectivity index (χ4n) is 1.49. The van der Waals surface area contributed by atoms with Crippen LogP contribution in [0.15, 0.2) is 6.07 Å². The van der Waals surface area contributed by atoms with Gasteiger partial charge in [-0.05, 0) is 25.4 Å². The smallest absolute Gasteiger partial charge is 0.326 e. The van der Waals surface area contributed by atoms with Crippen LogP contribution in [-0.4, -0.2) is 52.2 Å². The van der Waals surface area contributed by atoms with Crippen molar-refractivity contribution in [2.24, 2.45) is 0 Å². The van der Waals surface area contributed by atoms with Crippen molar-refractivity contribution < 1.29 is 19.4 Å². The standard InChI is InChI=1S/C12H18N4O4S/c1-7-6-9(20-2)15-11(13-7)16-12(19)14-8(10(17)18)4-5-21-3/h6,8H,4-5H2,1-3H3,(H,17,18)(H2,13,14,15,16,19). The third kappa shape index (κ3) is 5.86. The van der Waals surface area contributed by atoms with Gasteiger partial charge in [0.1, 0.15) is 6.04 Å². The summed E-state index contributed by atoms with van der Waals surface area (Å²) in [5, 5.41) is 13.8. The number of aryl methyl sites for hydroxylation is 1. The molecular formula is C12H18N4O4S. The number of hydrogen-bond donors (Lipinski definition) is 3. The number of urea groups is 1. The van der Waals surface area contributed by atoms with E-state index < -0.39 is 18.0 Å². The predicted molar refractivity (Wildman–Crippen MR) is 79.9 cm³/mol. The first-order chi connectivity index (χ1) is 9.96. The fourth-order valence-corrected chi connectivity index (χ4v) is 1.96. The molecular weight excluding hydrogens is 296 g/mol. The lowest BCUT2D eigenvalue weighted by Gasteiger charge is -2.14. The highest BCUT2D eigenvalue weighted by atomic mass is 32.2. The Balaban J connectivity index is 2.67. The molecule has 0 aliphatic rings. The zero-order chi connectivity index (χ0) is 15.8. The summed E-state index contributed by atoms with van der Waals surface area (Å²) in [4.78, 5) is 30.8. The summed E-state index contributed by atoms with van der Waals surface area (Å²) in [5.41, 5.74) is 0.620. The normalized spacial score (nSPS) is 11.6. The highest BCUT2D eigenvalue weighted by molar-refractivity contribution is 7.98. The number of ether oxygens (including phenoxy) is 1. The molecule has 0 saturated carbocycles. The summed E-state index contributed by atoms with van der Waals surface area (Å²) >= 11 is 1.51. The van der Waals surface area contributed by atoms with Crippen molar-refractivity contribution in [3.8, 4) is 5.88 Å². The summed E-state index contributed by atoms with van der Waals surface area (Å²) in [6.07, 6.45) is 2.20. The first kappa shape index (κ1) is 17.0. The summed E-state index contributed by atoms with van der Waals surface area (Å²) in [5.74, 6) is -0.0818. The lowest BCUT2D eigenvalue weighted by Crippen LogP contribution is -2.43. The molecule has 1 unspecified atom stereocenters. The van der Waals surface area contributed by atoms with E-state index in [0.29, 0.717) is 23.7 Å². The predicted octanol–water partition coefficient (Wildman–Crippen LogP) is 1.12. The molecule has 2 amide bonds. The molecule has 1 aromatic rings. The third-order valence-electron chi connectivity index (χ3n) is 2.48. The number of amides is 2. The number of anilines is 1. The minimum atomic E-state index is -1.08. The van der Waals surface area contributed by atoms with Crippen LogP contribution >= 0.6 is 11.8 Å². The maximum atomic E-state index is 11.8. The van der Waals surface area contributed by atoms with Crippen molar-refractivity contribution in [3.05, 3.63) is 11.8 Å². The van der Waals surface area contributed by atoms with Crippen LogP contribution in [0.1, 0.15) is 12.1 Å². The Hall–Kier alpha value is -2.03. The van der Waals surface area contributed by atoms with Gasteiger partial charge in [-0.1, -0.05) is 0 Å². The van der Waals surface area contributed by atoms with Crippen molar-refractivity contribution in [1.82, 2.24) is 15.3 Å². The van der Waals surface area contributed by atoms with Gasteiger partial charge in [-0.15, -0.1) is 0 Å². The Morgan fingerprint density at radius 1 is 1.48 bits per heavy atom. The maximum Gasteiger partial charge on any atom is 0.326 e. The van der Waals surface area contributed by atoms with E-state index in [9.17, 15) is 9.59 Å². The van der Waals surface area contributed by atoms with Crippen molar-refractivity contribution in [1.29, 1.82) is 0 Å². The van der Waals surface area contributed by atoms with Crippen molar-refractivity contribution >= 4 is 29.7 Å². The number of hydrogen-bond acceptors (Lipinski definition) is 6. The van der Waals surface area contributed by atoms with Crippen LogP contribution in [0.4, 0.5) is 10.7 Å². The molecule has 0 spiro atoms. The van der Waals surface area contributed by atoms with Crippen molar-refractivity contribution in [2.45, 2.75) is 19.4 Å². The number of thioether (sulfide) groups is 1. The largest absolute Gasteiger partial charge is 0.481 e. The van der Waals surface area contributed by atoms with Crippen molar-refractivity contribution in [2.75, 3.05) is 24.4 Å². The van der Waals surface area contributed by atoms with E-state index >= 15 is 0 Å². The van der Waals surface area contributed by atoms with Gasteiger partial charge in [0.05, 0.1) is 7.11 Å². The van der Waals surface area contributed by atoms with Crippen LogP contribution in [0.3, 0.4) is 0 Å². The van der Waals surface area contributed by atoms with Crippen molar-refractivity contribution in [3.63, 3.8) is 0 Å². The van der Waals surface area contributed by atoms with Gasteiger partial charge in [0.15, 0.2) is 0 Å². The van der Waals surface area contributed by atoms with Crippen LogP contribution in [0.5, 0.6) is 5.88 Å². The lowest BCUT2D eigenvalue weighted by atomic mass is 10.2. The first-order valence-electron chi connectivity index (χ1n) is 6.15. The second-order valence-corrected chi connectivity index (χ2v) is 5.13. The molecule has 0 saturated heterocycles. The zero-order valence-corrected chi connectivity index (χ0v) is 12.9. The van der Waals surface area contributed by atoms with E-state index in [0.717, 1.165) is 0 Å². The fraction of sp³-hybridized carbons (Fsp3) is 0.500. The summed E-state index contributed by atoms with van der Waals surface area (Å²) in [6, 6.07) is -0.0120. The van der Waals surface area contributed by atoms with Gasteiger partial charge in [-0.25, -0.2) is 14.6 Å². The highest BCUT2D eigenvalue weighted by Crippen LogP contribution is 2.11. The van der Waals surface area contributed by atoms with E-state index in [1.54, 1.807) is 13.0 Å². The molecule has 1 aromatic heterocycles. The Labute approximate surface area is 126 Å². The molecule has 0 radical (unpaired) electrons. The number of carboxylic acid groups (broad SMARTS) is 1. The monoisotopic (exact) mass is 314 g/mol. The molecule has 0 aliphatic carbocycles.